The summed E-state index contributed by atoms with van der Waals surface area (Å²) in [7, 11) is 0. The Morgan fingerprint density at radius 3 is 2.94 bits per heavy atom. The van der Waals surface area contributed by atoms with E-state index < -0.39 is 0 Å². The molecule has 1 aliphatic rings. The van der Waals surface area contributed by atoms with E-state index in [0.29, 0.717) is 11.3 Å². The topological polar surface area (TPSA) is 29.1 Å². The molecule has 1 fully saturated rings. The van der Waals surface area contributed by atoms with Gasteiger partial charge in [0.25, 0.3) is 5.91 Å². The monoisotopic (exact) mass is 333 g/mol. The second kappa shape index (κ2) is 6.25. The van der Waals surface area contributed by atoms with E-state index >= 15 is 0 Å². The van der Waals surface area contributed by atoms with Gasteiger partial charge in [-0.05, 0) is 46.5 Å². The zero-order valence-electron chi connectivity index (χ0n) is 9.74. The van der Waals surface area contributed by atoms with Gasteiger partial charge in [-0.3, -0.25) is 4.79 Å². The molecule has 0 aliphatic heterocycles. The second-order valence-electron chi connectivity index (χ2n) is 4.24. The molecule has 1 N–H and O–H groups in total. The number of thioether (sulfide) groups is 1. The van der Waals surface area contributed by atoms with Crippen LogP contribution >= 0.6 is 39.0 Å². The Kier molecular flexibility index (Phi) is 4.94. The summed E-state index contributed by atoms with van der Waals surface area (Å²) in [4.78, 5) is 12.9. The number of halogens is 1. The molecule has 0 spiro atoms. The number of carbonyl (C=O) groups is 1. The number of hydrogen-bond acceptors (Lipinski definition) is 3. The molecule has 0 radical (unpaired) electrons. The van der Waals surface area contributed by atoms with E-state index in [2.05, 4.69) is 27.5 Å². The lowest BCUT2D eigenvalue weighted by atomic mass is 9.95. The average Bonchev–Trinajstić information content (AvgIpc) is 2.76. The maximum Gasteiger partial charge on any atom is 0.262 e. The molecule has 0 unspecified atom stereocenters. The summed E-state index contributed by atoms with van der Waals surface area (Å²) < 4.78 is 0.900. The Morgan fingerprint density at radius 2 is 2.29 bits per heavy atom. The van der Waals surface area contributed by atoms with Crippen molar-refractivity contribution in [3.63, 3.8) is 0 Å². The van der Waals surface area contributed by atoms with Crippen LogP contribution in [0.3, 0.4) is 0 Å². The molecule has 1 aromatic rings. The van der Waals surface area contributed by atoms with Gasteiger partial charge in [0.2, 0.25) is 0 Å². The van der Waals surface area contributed by atoms with Crippen molar-refractivity contribution in [2.45, 2.75) is 37.0 Å². The molecule has 1 aromatic heterocycles. The van der Waals surface area contributed by atoms with Crippen LogP contribution in [0.2, 0.25) is 0 Å². The molecule has 2 nitrogen and oxygen atoms in total. The summed E-state index contributed by atoms with van der Waals surface area (Å²) in [6.45, 7) is 0. The lowest BCUT2D eigenvalue weighted by molar-refractivity contribution is 0.0933. The average molecular weight is 334 g/mol. The fourth-order valence-corrected chi connectivity index (χ4v) is 4.62. The Morgan fingerprint density at radius 1 is 1.53 bits per heavy atom. The molecule has 0 saturated heterocycles. The van der Waals surface area contributed by atoms with Gasteiger partial charge >= 0.3 is 0 Å². The van der Waals surface area contributed by atoms with Gasteiger partial charge in [-0.15, -0.1) is 11.3 Å². The molecule has 1 amide bonds. The zero-order chi connectivity index (χ0) is 12.3. The lowest BCUT2D eigenvalue weighted by Crippen LogP contribution is -2.43. The minimum atomic E-state index is 0.0674. The highest BCUT2D eigenvalue weighted by atomic mass is 79.9. The van der Waals surface area contributed by atoms with E-state index in [1.54, 1.807) is 0 Å². The number of nitrogens with one attached hydrogen (secondary N) is 1. The summed E-state index contributed by atoms with van der Waals surface area (Å²) >= 11 is 6.77. The fraction of sp³-hybridized carbons (Fsp3) is 0.583. The molecular formula is C12H16BrNOS2. The predicted octanol–water partition coefficient (Wildman–Crippen LogP) is 3.91. The number of hydrogen-bond donors (Lipinski definition) is 1. The Balaban J connectivity index is 2.00. The Labute approximate surface area is 119 Å². The Hall–Kier alpha value is -0.000000000000000111. The SMILES string of the molecule is CS[C@@H]1CCCC[C@@H]1NC(=O)c1sccc1Br. The van der Waals surface area contributed by atoms with Crippen LogP contribution in [0.5, 0.6) is 0 Å². The molecule has 94 valence electrons. The largest absolute Gasteiger partial charge is 0.347 e. The zero-order valence-corrected chi connectivity index (χ0v) is 13.0. The quantitative estimate of drug-likeness (QED) is 0.908. The first-order valence-corrected chi connectivity index (χ1v) is 8.75. The van der Waals surface area contributed by atoms with Gasteiger partial charge in [-0.2, -0.15) is 11.8 Å². The lowest BCUT2D eigenvalue weighted by Gasteiger charge is -2.30. The molecule has 17 heavy (non-hydrogen) atoms. The molecule has 1 saturated carbocycles. The molecular weight excluding hydrogens is 318 g/mol. The molecule has 2 atom stereocenters. The van der Waals surface area contributed by atoms with E-state index in [1.807, 2.05) is 23.2 Å². The van der Waals surface area contributed by atoms with Gasteiger partial charge in [0.15, 0.2) is 0 Å². The number of thiophene rings is 1. The molecule has 1 aliphatic carbocycles. The minimum absolute atomic E-state index is 0.0674. The van der Waals surface area contributed by atoms with Crippen LogP contribution in [0.15, 0.2) is 15.9 Å². The van der Waals surface area contributed by atoms with Crippen molar-refractivity contribution in [2.75, 3.05) is 6.26 Å². The van der Waals surface area contributed by atoms with Crippen molar-refractivity contribution in [1.29, 1.82) is 0 Å². The second-order valence-corrected chi connectivity index (χ2v) is 7.08. The van der Waals surface area contributed by atoms with E-state index in [4.69, 9.17) is 0 Å². The smallest absolute Gasteiger partial charge is 0.262 e. The first-order chi connectivity index (χ1) is 8.22. The number of amides is 1. The van der Waals surface area contributed by atoms with Gasteiger partial charge in [0.1, 0.15) is 4.88 Å². The summed E-state index contributed by atoms with van der Waals surface area (Å²) in [5.74, 6) is 0.0674. The third-order valence-corrected chi connectivity index (χ3v) is 6.15. The first kappa shape index (κ1) is 13.4. The van der Waals surface area contributed by atoms with Gasteiger partial charge in [0, 0.05) is 15.8 Å². The number of rotatable bonds is 3. The number of carbonyl (C=O) groups excluding carboxylic acids is 1. The summed E-state index contributed by atoms with van der Waals surface area (Å²) in [5, 5.41) is 5.70. The van der Waals surface area contributed by atoms with Crippen LogP contribution in [0.1, 0.15) is 35.4 Å². The van der Waals surface area contributed by atoms with Gasteiger partial charge in [-0.1, -0.05) is 12.8 Å². The van der Waals surface area contributed by atoms with E-state index in [-0.39, 0.29) is 5.91 Å². The molecule has 0 aromatic carbocycles. The Bertz CT molecular complexity index is 394. The van der Waals surface area contributed by atoms with Crippen molar-refractivity contribution in [3.05, 3.63) is 20.8 Å². The highest BCUT2D eigenvalue weighted by Gasteiger charge is 2.26. The summed E-state index contributed by atoms with van der Waals surface area (Å²) in [6, 6.07) is 2.26. The van der Waals surface area contributed by atoms with Crippen molar-refractivity contribution in [1.82, 2.24) is 5.32 Å². The van der Waals surface area contributed by atoms with Crippen LogP contribution in [0.4, 0.5) is 0 Å². The van der Waals surface area contributed by atoms with Crippen LogP contribution in [-0.4, -0.2) is 23.5 Å². The normalized spacial score (nSPS) is 24.6. The third-order valence-electron chi connectivity index (χ3n) is 3.15. The molecule has 0 bridgehead atoms. The van der Waals surface area contributed by atoms with Crippen molar-refractivity contribution in [3.8, 4) is 0 Å². The maximum atomic E-state index is 12.1. The van der Waals surface area contributed by atoms with Crippen molar-refractivity contribution >= 4 is 44.9 Å². The van der Waals surface area contributed by atoms with E-state index in [1.165, 1.54) is 30.6 Å². The maximum absolute atomic E-state index is 12.1. The third kappa shape index (κ3) is 3.26. The van der Waals surface area contributed by atoms with E-state index in [0.717, 1.165) is 15.8 Å². The summed E-state index contributed by atoms with van der Waals surface area (Å²) in [5.41, 5.74) is 0. The van der Waals surface area contributed by atoms with E-state index in [9.17, 15) is 4.79 Å². The molecule has 2 rings (SSSR count). The van der Waals surface area contributed by atoms with Crippen LogP contribution in [0.25, 0.3) is 0 Å². The first-order valence-electron chi connectivity index (χ1n) is 5.79. The fourth-order valence-electron chi connectivity index (χ4n) is 2.23. The highest BCUT2D eigenvalue weighted by molar-refractivity contribution is 9.10. The predicted molar refractivity (Wildman–Crippen MR) is 79.0 cm³/mol. The van der Waals surface area contributed by atoms with Crippen LogP contribution in [-0.2, 0) is 0 Å². The standard InChI is InChI=1S/C12H16BrNOS2/c1-16-10-5-3-2-4-9(10)14-12(15)11-8(13)6-7-17-11/h6-7,9-10H,2-5H2,1H3,(H,14,15)/t9-,10+/m0/s1. The van der Waals surface area contributed by atoms with Crippen LogP contribution in [0, 0.1) is 0 Å². The van der Waals surface area contributed by atoms with Crippen molar-refractivity contribution in [2.24, 2.45) is 0 Å². The van der Waals surface area contributed by atoms with Crippen molar-refractivity contribution < 1.29 is 4.79 Å². The van der Waals surface area contributed by atoms with Gasteiger partial charge < -0.3 is 5.32 Å². The van der Waals surface area contributed by atoms with Crippen LogP contribution < -0.4 is 5.32 Å². The summed E-state index contributed by atoms with van der Waals surface area (Å²) in [6.07, 6.45) is 6.99. The molecule has 5 heteroatoms. The minimum Gasteiger partial charge on any atom is -0.347 e. The van der Waals surface area contributed by atoms with Gasteiger partial charge in [-0.25, -0.2) is 0 Å². The molecule has 1 heterocycles. The highest BCUT2D eigenvalue weighted by Crippen LogP contribution is 2.28. The van der Waals surface area contributed by atoms with Gasteiger partial charge in [0.05, 0.1) is 0 Å².